The molecule has 0 aliphatic carbocycles. The van der Waals surface area contributed by atoms with Gasteiger partial charge >= 0.3 is 6.18 Å². The number of hydrogen-bond acceptors (Lipinski definition) is 5. The molecule has 1 heterocycles. The second kappa shape index (κ2) is 7.56. The van der Waals surface area contributed by atoms with Crippen molar-refractivity contribution in [3.63, 3.8) is 0 Å². The van der Waals surface area contributed by atoms with E-state index in [-0.39, 0.29) is 17.3 Å². The molecule has 0 radical (unpaired) electrons. The van der Waals surface area contributed by atoms with E-state index in [9.17, 15) is 22.4 Å². The Kier molecular flexibility index (Phi) is 5.20. The lowest BCUT2D eigenvalue weighted by Gasteiger charge is -2.13. The van der Waals surface area contributed by atoms with E-state index in [4.69, 9.17) is 9.26 Å². The van der Waals surface area contributed by atoms with Crippen LogP contribution in [-0.2, 0) is 6.18 Å². The monoisotopic (exact) mass is 380 g/mol. The van der Waals surface area contributed by atoms with Gasteiger partial charge in [-0.3, -0.25) is 4.79 Å². The van der Waals surface area contributed by atoms with Gasteiger partial charge in [0, 0.05) is 16.7 Å². The number of halogens is 4. The van der Waals surface area contributed by atoms with Crippen molar-refractivity contribution in [3.8, 4) is 28.6 Å². The molecule has 140 valence electrons. The van der Waals surface area contributed by atoms with E-state index in [2.05, 4.69) is 10.1 Å². The molecular weight excluding hydrogens is 368 g/mol. The zero-order chi connectivity index (χ0) is 19.4. The summed E-state index contributed by atoms with van der Waals surface area (Å²) in [4.78, 5) is 14.8. The van der Waals surface area contributed by atoms with Gasteiger partial charge in [0.05, 0.1) is 5.56 Å². The highest BCUT2D eigenvalue weighted by Crippen LogP contribution is 2.38. The van der Waals surface area contributed by atoms with Crippen molar-refractivity contribution >= 4 is 6.29 Å². The first-order valence-corrected chi connectivity index (χ1v) is 7.72. The van der Waals surface area contributed by atoms with Crippen LogP contribution in [0.1, 0.15) is 15.9 Å². The molecule has 5 nitrogen and oxygen atoms in total. The van der Waals surface area contributed by atoms with Crippen LogP contribution in [0.4, 0.5) is 17.6 Å². The van der Waals surface area contributed by atoms with Gasteiger partial charge in [-0.25, -0.2) is 4.39 Å². The van der Waals surface area contributed by atoms with Crippen molar-refractivity contribution < 1.29 is 31.6 Å². The lowest BCUT2D eigenvalue weighted by atomic mass is 10.1. The minimum atomic E-state index is -4.70. The number of ether oxygens (including phenoxy) is 1. The summed E-state index contributed by atoms with van der Waals surface area (Å²) in [5, 5.41) is 3.75. The van der Waals surface area contributed by atoms with Gasteiger partial charge in [0.15, 0.2) is 0 Å². The van der Waals surface area contributed by atoms with Crippen molar-refractivity contribution in [1.29, 1.82) is 0 Å². The third-order valence-electron chi connectivity index (χ3n) is 3.60. The summed E-state index contributed by atoms with van der Waals surface area (Å²) in [5.41, 5.74) is -0.0302. The number of carbonyl (C=O) groups excluding carboxylic acids is 1. The Morgan fingerprint density at radius 2 is 1.78 bits per heavy atom. The number of aromatic nitrogens is 2. The van der Waals surface area contributed by atoms with E-state index < -0.39 is 30.8 Å². The third kappa shape index (κ3) is 4.13. The van der Waals surface area contributed by atoms with Gasteiger partial charge in [-0.2, -0.15) is 18.2 Å². The topological polar surface area (TPSA) is 65.2 Å². The zero-order valence-electron chi connectivity index (χ0n) is 13.7. The second-order valence-corrected chi connectivity index (χ2v) is 5.41. The van der Waals surface area contributed by atoms with Gasteiger partial charge in [0.25, 0.3) is 5.89 Å². The van der Waals surface area contributed by atoms with Gasteiger partial charge in [-0.05, 0) is 18.2 Å². The maximum absolute atomic E-state index is 13.2. The number of alkyl halides is 4. The summed E-state index contributed by atoms with van der Waals surface area (Å²) in [6.45, 7) is -1.39. The van der Waals surface area contributed by atoms with E-state index in [0.29, 0.717) is 17.4 Å². The van der Waals surface area contributed by atoms with Crippen molar-refractivity contribution in [1.82, 2.24) is 10.1 Å². The normalized spacial score (nSPS) is 11.4. The molecule has 2 aromatic carbocycles. The van der Waals surface area contributed by atoms with Crippen LogP contribution in [0.2, 0.25) is 0 Å². The number of benzene rings is 2. The Balaban J connectivity index is 1.94. The maximum Gasteiger partial charge on any atom is 0.419 e. The molecule has 0 spiro atoms. The van der Waals surface area contributed by atoms with Crippen LogP contribution < -0.4 is 4.74 Å². The average Bonchev–Trinajstić information content (AvgIpc) is 3.15. The minimum absolute atomic E-state index is 0.0400. The fraction of sp³-hybridized carbons (Fsp3) is 0.167. The number of nitrogens with zero attached hydrogens (tertiary/aromatic N) is 2. The lowest BCUT2D eigenvalue weighted by molar-refractivity contribution is -0.138. The smallest absolute Gasteiger partial charge is 0.419 e. The van der Waals surface area contributed by atoms with Crippen LogP contribution in [0.25, 0.3) is 22.8 Å². The van der Waals surface area contributed by atoms with E-state index in [0.717, 1.165) is 12.1 Å². The molecule has 0 bridgehead atoms. The summed E-state index contributed by atoms with van der Waals surface area (Å²) >= 11 is 0. The molecule has 0 unspecified atom stereocenters. The molecule has 9 heteroatoms. The minimum Gasteiger partial charge on any atom is -0.490 e. The largest absolute Gasteiger partial charge is 0.490 e. The van der Waals surface area contributed by atoms with Gasteiger partial charge < -0.3 is 9.26 Å². The van der Waals surface area contributed by atoms with E-state index in [1.807, 2.05) is 0 Å². The number of carbonyl (C=O) groups is 1. The zero-order valence-corrected chi connectivity index (χ0v) is 13.7. The van der Waals surface area contributed by atoms with Crippen LogP contribution in [0, 0.1) is 0 Å². The second-order valence-electron chi connectivity index (χ2n) is 5.41. The molecule has 3 aromatic rings. The molecule has 0 fully saturated rings. The molecular formula is C18H12F4N2O3. The molecule has 0 amide bonds. The van der Waals surface area contributed by atoms with Crippen LogP contribution in [0.3, 0.4) is 0 Å². The van der Waals surface area contributed by atoms with E-state index >= 15 is 0 Å². The summed E-state index contributed by atoms with van der Waals surface area (Å²) in [5.74, 6) is -0.436. The molecule has 0 saturated carbocycles. The van der Waals surface area contributed by atoms with E-state index in [1.165, 1.54) is 6.07 Å². The predicted octanol–water partition coefficient (Wildman–Crippen LogP) is 4.58. The SMILES string of the molecule is O=Cc1ccc(-c2noc(-c3ccc(OCCF)c(C(F)(F)F)c3)n2)cc1. The quantitative estimate of drug-likeness (QED) is 0.463. The van der Waals surface area contributed by atoms with Gasteiger partial charge in [0.2, 0.25) is 5.82 Å². The van der Waals surface area contributed by atoms with Crippen molar-refractivity contribution in [3.05, 3.63) is 53.6 Å². The first kappa shape index (κ1) is 18.6. The first-order valence-electron chi connectivity index (χ1n) is 7.72. The molecule has 0 atom stereocenters. The highest BCUT2D eigenvalue weighted by atomic mass is 19.4. The standard InChI is InChI=1S/C18H12F4N2O3/c19-7-8-26-15-6-5-13(9-14(15)18(20,21)22)17-23-16(24-27-17)12-3-1-11(10-25)2-4-12/h1-6,9-10H,7-8H2. The third-order valence-corrected chi connectivity index (χ3v) is 3.60. The van der Waals surface area contributed by atoms with Crippen LogP contribution >= 0.6 is 0 Å². The Bertz CT molecular complexity index is 937. The van der Waals surface area contributed by atoms with Gasteiger partial charge in [-0.15, -0.1) is 0 Å². The summed E-state index contributed by atoms with van der Waals surface area (Å²) < 4.78 is 61.8. The number of hydrogen-bond donors (Lipinski definition) is 0. The average molecular weight is 380 g/mol. The number of aldehydes is 1. The molecule has 0 N–H and O–H groups in total. The molecule has 27 heavy (non-hydrogen) atoms. The fourth-order valence-electron chi connectivity index (χ4n) is 2.33. The summed E-state index contributed by atoms with van der Waals surface area (Å²) in [7, 11) is 0. The van der Waals surface area contributed by atoms with Crippen LogP contribution in [0.15, 0.2) is 47.0 Å². The number of rotatable bonds is 6. The highest BCUT2D eigenvalue weighted by Gasteiger charge is 2.35. The predicted molar refractivity (Wildman–Crippen MR) is 87.0 cm³/mol. The van der Waals surface area contributed by atoms with Crippen molar-refractivity contribution in [2.24, 2.45) is 0 Å². The van der Waals surface area contributed by atoms with Crippen LogP contribution in [0.5, 0.6) is 5.75 Å². The van der Waals surface area contributed by atoms with E-state index in [1.54, 1.807) is 24.3 Å². The summed E-state index contributed by atoms with van der Waals surface area (Å²) in [6, 6.07) is 9.49. The molecule has 3 rings (SSSR count). The van der Waals surface area contributed by atoms with Crippen molar-refractivity contribution in [2.75, 3.05) is 13.3 Å². The Morgan fingerprint density at radius 3 is 2.41 bits per heavy atom. The highest BCUT2D eigenvalue weighted by molar-refractivity contribution is 5.76. The summed E-state index contributed by atoms with van der Waals surface area (Å²) in [6.07, 6.45) is -4.02. The Morgan fingerprint density at radius 1 is 1.07 bits per heavy atom. The van der Waals surface area contributed by atoms with Crippen molar-refractivity contribution in [2.45, 2.75) is 6.18 Å². The van der Waals surface area contributed by atoms with Crippen LogP contribution in [-0.4, -0.2) is 29.7 Å². The fourth-order valence-corrected chi connectivity index (χ4v) is 2.33. The molecule has 0 aliphatic heterocycles. The maximum atomic E-state index is 13.2. The first-order chi connectivity index (χ1) is 12.9. The molecule has 0 saturated heterocycles. The Labute approximate surface area is 150 Å². The molecule has 0 aliphatic rings. The lowest BCUT2D eigenvalue weighted by Crippen LogP contribution is -2.10. The Hall–Kier alpha value is -3.23. The van der Waals surface area contributed by atoms with Gasteiger partial charge in [0.1, 0.15) is 25.3 Å². The van der Waals surface area contributed by atoms with Gasteiger partial charge in [-0.1, -0.05) is 29.4 Å². The molecule has 1 aromatic heterocycles.